The standard InChI is InChI=1S/C11H23NO4/c1-5-14-10(15-6-2)8-12-9(4)11(13)16-7-3/h9-10,12H,5-8H2,1-4H3. The smallest absolute Gasteiger partial charge is 0.322 e. The molecule has 0 rings (SSSR count). The summed E-state index contributed by atoms with van der Waals surface area (Å²) in [5.74, 6) is -0.255. The van der Waals surface area contributed by atoms with Crippen LogP contribution in [0.4, 0.5) is 0 Å². The van der Waals surface area contributed by atoms with Gasteiger partial charge in [0, 0.05) is 19.8 Å². The van der Waals surface area contributed by atoms with E-state index in [0.717, 1.165) is 0 Å². The zero-order valence-electron chi connectivity index (χ0n) is 10.6. The highest BCUT2D eigenvalue weighted by atomic mass is 16.7. The Morgan fingerprint density at radius 1 is 1.12 bits per heavy atom. The molecule has 1 unspecified atom stereocenters. The molecule has 0 heterocycles. The third kappa shape index (κ3) is 6.76. The van der Waals surface area contributed by atoms with Crippen LogP contribution in [-0.4, -0.2) is 44.7 Å². The van der Waals surface area contributed by atoms with Gasteiger partial charge in [-0.15, -0.1) is 0 Å². The molecular formula is C11H23NO4. The van der Waals surface area contributed by atoms with Gasteiger partial charge in [-0.2, -0.15) is 0 Å². The molecule has 0 aliphatic carbocycles. The number of hydrogen-bond acceptors (Lipinski definition) is 5. The van der Waals surface area contributed by atoms with E-state index in [0.29, 0.717) is 26.4 Å². The van der Waals surface area contributed by atoms with Crippen LogP contribution in [0.2, 0.25) is 0 Å². The molecule has 1 N–H and O–H groups in total. The molecule has 0 bridgehead atoms. The number of esters is 1. The molecule has 16 heavy (non-hydrogen) atoms. The van der Waals surface area contributed by atoms with Crippen molar-refractivity contribution in [2.24, 2.45) is 0 Å². The fourth-order valence-corrected chi connectivity index (χ4v) is 1.16. The maximum Gasteiger partial charge on any atom is 0.322 e. The van der Waals surface area contributed by atoms with E-state index >= 15 is 0 Å². The minimum atomic E-state index is -0.344. The first-order valence-corrected chi connectivity index (χ1v) is 5.78. The van der Waals surface area contributed by atoms with Gasteiger partial charge in [0.05, 0.1) is 6.61 Å². The molecule has 0 aliphatic heterocycles. The van der Waals surface area contributed by atoms with Gasteiger partial charge in [0.1, 0.15) is 6.04 Å². The van der Waals surface area contributed by atoms with E-state index in [1.807, 2.05) is 13.8 Å². The van der Waals surface area contributed by atoms with Gasteiger partial charge in [0.25, 0.3) is 0 Å². The first-order chi connectivity index (χ1) is 7.65. The number of rotatable bonds is 9. The molecule has 0 aliphatic rings. The molecule has 0 saturated heterocycles. The van der Waals surface area contributed by atoms with Gasteiger partial charge in [0.15, 0.2) is 6.29 Å². The molecule has 1 atom stereocenters. The third-order valence-electron chi connectivity index (χ3n) is 1.94. The van der Waals surface area contributed by atoms with Crippen LogP contribution in [0.3, 0.4) is 0 Å². The number of nitrogens with one attached hydrogen (secondary N) is 1. The van der Waals surface area contributed by atoms with E-state index in [4.69, 9.17) is 14.2 Å². The molecule has 0 amide bonds. The fourth-order valence-electron chi connectivity index (χ4n) is 1.16. The van der Waals surface area contributed by atoms with Gasteiger partial charge < -0.3 is 14.2 Å². The summed E-state index contributed by atoms with van der Waals surface area (Å²) in [6.45, 7) is 9.38. The van der Waals surface area contributed by atoms with Crippen LogP contribution in [0.1, 0.15) is 27.7 Å². The average molecular weight is 233 g/mol. The number of hydrogen-bond donors (Lipinski definition) is 1. The molecule has 0 saturated carbocycles. The Hall–Kier alpha value is -0.650. The SMILES string of the molecule is CCOC(=O)C(C)NCC(OCC)OCC. The lowest BCUT2D eigenvalue weighted by Crippen LogP contribution is -2.41. The van der Waals surface area contributed by atoms with Crippen molar-refractivity contribution in [1.82, 2.24) is 5.32 Å². The Labute approximate surface area is 97.4 Å². The lowest BCUT2D eigenvalue weighted by atomic mass is 10.3. The summed E-state index contributed by atoms with van der Waals surface area (Å²) in [5, 5.41) is 3.01. The number of ether oxygens (including phenoxy) is 3. The topological polar surface area (TPSA) is 56.8 Å². The van der Waals surface area contributed by atoms with E-state index in [1.165, 1.54) is 0 Å². The number of carbonyl (C=O) groups is 1. The fraction of sp³-hybridized carbons (Fsp3) is 0.909. The molecule has 96 valence electrons. The molecule has 0 radical (unpaired) electrons. The predicted octanol–water partition coefficient (Wildman–Crippen LogP) is 0.927. The average Bonchev–Trinajstić information content (AvgIpc) is 2.26. The predicted molar refractivity (Wildman–Crippen MR) is 61.1 cm³/mol. The Kier molecular flexibility index (Phi) is 9.18. The molecular weight excluding hydrogens is 210 g/mol. The normalized spacial score (nSPS) is 12.8. The van der Waals surface area contributed by atoms with Gasteiger partial charge in [-0.3, -0.25) is 10.1 Å². The Bertz CT molecular complexity index is 181. The van der Waals surface area contributed by atoms with E-state index in [9.17, 15) is 4.79 Å². The van der Waals surface area contributed by atoms with Crippen LogP contribution in [0, 0.1) is 0 Å². The van der Waals surface area contributed by atoms with E-state index in [1.54, 1.807) is 13.8 Å². The first kappa shape index (κ1) is 15.3. The quantitative estimate of drug-likeness (QED) is 0.474. The van der Waals surface area contributed by atoms with Crippen molar-refractivity contribution in [3.63, 3.8) is 0 Å². The molecule has 0 fully saturated rings. The van der Waals surface area contributed by atoms with Crippen molar-refractivity contribution in [1.29, 1.82) is 0 Å². The summed E-state index contributed by atoms with van der Waals surface area (Å²) < 4.78 is 15.5. The molecule has 5 nitrogen and oxygen atoms in total. The van der Waals surface area contributed by atoms with Crippen LogP contribution in [0.5, 0.6) is 0 Å². The summed E-state index contributed by atoms with van der Waals surface area (Å²) in [7, 11) is 0. The van der Waals surface area contributed by atoms with Gasteiger partial charge in [-0.25, -0.2) is 0 Å². The molecule has 0 aromatic rings. The highest BCUT2D eigenvalue weighted by Gasteiger charge is 2.16. The lowest BCUT2D eigenvalue weighted by Gasteiger charge is -2.19. The van der Waals surface area contributed by atoms with Crippen molar-refractivity contribution in [3.05, 3.63) is 0 Å². The summed E-state index contributed by atoms with van der Waals surface area (Å²) in [4.78, 5) is 11.3. The number of carbonyl (C=O) groups excluding carboxylic acids is 1. The van der Waals surface area contributed by atoms with Crippen molar-refractivity contribution in [2.45, 2.75) is 40.0 Å². The maximum absolute atomic E-state index is 11.3. The first-order valence-electron chi connectivity index (χ1n) is 5.78. The Balaban J connectivity index is 3.84. The van der Waals surface area contributed by atoms with E-state index in [2.05, 4.69) is 5.32 Å². The van der Waals surface area contributed by atoms with Crippen molar-refractivity contribution in [2.75, 3.05) is 26.4 Å². The van der Waals surface area contributed by atoms with Crippen molar-refractivity contribution < 1.29 is 19.0 Å². The molecule has 0 aromatic carbocycles. The minimum absolute atomic E-state index is 0.255. The summed E-state index contributed by atoms with van der Waals surface area (Å²) >= 11 is 0. The summed E-state index contributed by atoms with van der Waals surface area (Å²) in [6, 6.07) is -0.344. The van der Waals surface area contributed by atoms with Gasteiger partial charge in [-0.05, 0) is 27.7 Å². The molecule has 0 aromatic heterocycles. The monoisotopic (exact) mass is 233 g/mol. The second kappa shape index (κ2) is 9.57. The van der Waals surface area contributed by atoms with Crippen LogP contribution in [0.25, 0.3) is 0 Å². The lowest BCUT2D eigenvalue weighted by molar-refractivity contribution is -0.148. The van der Waals surface area contributed by atoms with E-state index < -0.39 is 0 Å². The van der Waals surface area contributed by atoms with Crippen LogP contribution in [-0.2, 0) is 19.0 Å². The zero-order chi connectivity index (χ0) is 12.4. The third-order valence-corrected chi connectivity index (χ3v) is 1.94. The Morgan fingerprint density at radius 3 is 2.12 bits per heavy atom. The zero-order valence-corrected chi connectivity index (χ0v) is 10.6. The van der Waals surface area contributed by atoms with Crippen LogP contribution in [0.15, 0.2) is 0 Å². The highest BCUT2D eigenvalue weighted by Crippen LogP contribution is 1.95. The highest BCUT2D eigenvalue weighted by molar-refractivity contribution is 5.75. The summed E-state index contributed by atoms with van der Waals surface area (Å²) in [5.41, 5.74) is 0. The molecule has 5 heteroatoms. The van der Waals surface area contributed by atoms with Crippen LogP contribution < -0.4 is 5.32 Å². The largest absolute Gasteiger partial charge is 0.465 e. The van der Waals surface area contributed by atoms with Gasteiger partial charge >= 0.3 is 5.97 Å². The van der Waals surface area contributed by atoms with E-state index in [-0.39, 0.29) is 18.3 Å². The van der Waals surface area contributed by atoms with Crippen molar-refractivity contribution >= 4 is 5.97 Å². The summed E-state index contributed by atoms with van der Waals surface area (Å²) in [6.07, 6.45) is -0.313. The van der Waals surface area contributed by atoms with Crippen LogP contribution >= 0.6 is 0 Å². The van der Waals surface area contributed by atoms with Gasteiger partial charge in [0.2, 0.25) is 0 Å². The second-order valence-corrected chi connectivity index (χ2v) is 3.22. The maximum atomic E-state index is 11.3. The second-order valence-electron chi connectivity index (χ2n) is 3.22. The molecule has 0 spiro atoms. The van der Waals surface area contributed by atoms with Crippen molar-refractivity contribution in [3.8, 4) is 0 Å². The Morgan fingerprint density at radius 2 is 1.69 bits per heavy atom. The minimum Gasteiger partial charge on any atom is -0.465 e. The van der Waals surface area contributed by atoms with Gasteiger partial charge in [-0.1, -0.05) is 0 Å².